The van der Waals surface area contributed by atoms with Gasteiger partial charge in [0.25, 0.3) is 10.0 Å². The summed E-state index contributed by atoms with van der Waals surface area (Å²) in [6, 6.07) is 12.9. The largest absolute Gasteiger partial charge is 0.497 e. The number of aromatic nitrogens is 1. The number of benzene rings is 2. The van der Waals surface area contributed by atoms with Crippen LogP contribution in [-0.4, -0.2) is 32.6 Å². The van der Waals surface area contributed by atoms with Gasteiger partial charge in [0.05, 0.1) is 31.1 Å². The lowest BCUT2D eigenvalue weighted by atomic mass is 10.2. The molecule has 0 aliphatic carbocycles. The Morgan fingerprint density at radius 1 is 1.07 bits per heavy atom. The smallest absolute Gasteiger partial charge is 0.305 e. The molecule has 0 unspecified atom stereocenters. The fourth-order valence-corrected chi connectivity index (χ4v) is 4.61. The average molecular weight is 408 g/mol. The number of carbonyl (C=O) groups excluding carboxylic acids is 1. The first kappa shape index (κ1) is 19.3. The number of carbonyl (C=O) groups is 1. The van der Waals surface area contributed by atoms with Crippen LogP contribution in [0.2, 0.25) is 5.02 Å². The average Bonchev–Trinajstić information content (AvgIpc) is 3.04. The van der Waals surface area contributed by atoms with E-state index in [-0.39, 0.29) is 17.7 Å². The molecule has 0 aliphatic heterocycles. The van der Waals surface area contributed by atoms with Gasteiger partial charge < -0.3 is 9.47 Å². The molecule has 0 saturated carbocycles. The molecule has 3 rings (SSSR count). The second kappa shape index (κ2) is 7.62. The topological polar surface area (TPSA) is 74.6 Å². The maximum Gasteiger partial charge on any atom is 0.305 e. The Morgan fingerprint density at radius 3 is 2.41 bits per heavy atom. The van der Waals surface area contributed by atoms with Crippen LogP contribution in [0, 0.1) is 0 Å². The highest BCUT2D eigenvalue weighted by molar-refractivity contribution is 7.90. The zero-order chi connectivity index (χ0) is 19.6. The molecule has 0 radical (unpaired) electrons. The lowest BCUT2D eigenvalue weighted by Gasteiger charge is -2.12. The Hall–Kier alpha value is -2.51. The Labute approximate surface area is 162 Å². The molecule has 1 heterocycles. The Morgan fingerprint density at radius 2 is 1.78 bits per heavy atom. The SMILES string of the molecule is COC(=O)CCc1cc2cc(Cl)ccc2n1S(=O)(=O)c1ccc(OC)cc1. The van der Waals surface area contributed by atoms with Gasteiger partial charge in [0.1, 0.15) is 5.75 Å². The van der Waals surface area contributed by atoms with Crippen LogP contribution in [0.15, 0.2) is 53.4 Å². The van der Waals surface area contributed by atoms with Crippen molar-refractivity contribution in [1.82, 2.24) is 3.97 Å². The minimum Gasteiger partial charge on any atom is -0.497 e. The molecule has 0 N–H and O–H groups in total. The van der Waals surface area contributed by atoms with E-state index in [1.165, 1.54) is 30.3 Å². The van der Waals surface area contributed by atoms with Crippen molar-refractivity contribution in [3.63, 3.8) is 0 Å². The van der Waals surface area contributed by atoms with Gasteiger partial charge in [-0.25, -0.2) is 12.4 Å². The Kier molecular flexibility index (Phi) is 5.43. The third-order valence-electron chi connectivity index (χ3n) is 4.20. The highest BCUT2D eigenvalue weighted by Gasteiger charge is 2.23. The maximum absolute atomic E-state index is 13.3. The van der Waals surface area contributed by atoms with Crippen molar-refractivity contribution in [1.29, 1.82) is 0 Å². The van der Waals surface area contributed by atoms with Crippen molar-refractivity contribution in [3.8, 4) is 5.75 Å². The van der Waals surface area contributed by atoms with Gasteiger partial charge in [-0.05, 0) is 55.0 Å². The van der Waals surface area contributed by atoms with E-state index in [9.17, 15) is 13.2 Å². The number of hydrogen-bond donors (Lipinski definition) is 0. The van der Waals surface area contributed by atoms with E-state index >= 15 is 0 Å². The van der Waals surface area contributed by atoms with E-state index in [1.807, 2.05) is 0 Å². The van der Waals surface area contributed by atoms with Crippen LogP contribution in [0.1, 0.15) is 12.1 Å². The lowest BCUT2D eigenvalue weighted by Crippen LogP contribution is -2.16. The summed E-state index contributed by atoms with van der Waals surface area (Å²) in [5.74, 6) is 0.149. The highest BCUT2D eigenvalue weighted by atomic mass is 35.5. The zero-order valence-corrected chi connectivity index (χ0v) is 16.4. The van der Waals surface area contributed by atoms with E-state index in [1.54, 1.807) is 36.4 Å². The van der Waals surface area contributed by atoms with Gasteiger partial charge in [0.15, 0.2) is 0 Å². The number of fused-ring (bicyclic) bond motifs is 1. The van der Waals surface area contributed by atoms with Crippen LogP contribution in [0.25, 0.3) is 10.9 Å². The number of aryl methyl sites for hydroxylation is 1. The molecule has 6 nitrogen and oxygen atoms in total. The second-order valence-electron chi connectivity index (χ2n) is 5.86. The molecule has 27 heavy (non-hydrogen) atoms. The molecular formula is C19H18ClNO5S. The number of hydrogen-bond acceptors (Lipinski definition) is 5. The fourth-order valence-electron chi connectivity index (χ4n) is 2.86. The first-order valence-electron chi connectivity index (χ1n) is 8.13. The molecule has 0 saturated heterocycles. The summed E-state index contributed by atoms with van der Waals surface area (Å²) in [7, 11) is -1.07. The fraction of sp³-hybridized carbons (Fsp3) is 0.211. The van der Waals surface area contributed by atoms with Crippen molar-refractivity contribution >= 4 is 38.5 Å². The number of nitrogens with zero attached hydrogens (tertiary/aromatic N) is 1. The molecule has 1 aromatic heterocycles. The Bertz CT molecular complexity index is 1090. The van der Waals surface area contributed by atoms with Gasteiger partial charge in [-0.3, -0.25) is 4.79 Å². The van der Waals surface area contributed by atoms with Gasteiger partial charge in [-0.2, -0.15) is 0 Å². The van der Waals surface area contributed by atoms with Crippen LogP contribution in [0.4, 0.5) is 0 Å². The first-order valence-corrected chi connectivity index (χ1v) is 9.95. The van der Waals surface area contributed by atoms with Gasteiger partial charge in [-0.15, -0.1) is 0 Å². The maximum atomic E-state index is 13.3. The van der Waals surface area contributed by atoms with Crippen LogP contribution >= 0.6 is 11.6 Å². The van der Waals surface area contributed by atoms with E-state index in [4.69, 9.17) is 16.3 Å². The molecule has 2 aromatic carbocycles. The summed E-state index contributed by atoms with van der Waals surface area (Å²) in [5.41, 5.74) is 0.976. The quantitative estimate of drug-likeness (QED) is 0.583. The van der Waals surface area contributed by atoms with Gasteiger partial charge in [-0.1, -0.05) is 11.6 Å². The number of methoxy groups -OCH3 is 2. The monoisotopic (exact) mass is 407 g/mol. The van der Waals surface area contributed by atoms with Gasteiger partial charge in [0, 0.05) is 16.1 Å². The third kappa shape index (κ3) is 3.79. The molecule has 8 heteroatoms. The summed E-state index contributed by atoms with van der Waals surface area (Å²) >= 11 is 6.05. The molecule has 142 valence electrons. The lowest BCUT2D eigenvalue weighted by molar-refractivity contribution is -0.140. The molecular weight excluding hydrogens is 390 g/mol. The summed E-state index contributed by atoms with van der Waals surface area (Å²) in [5, 5.41) is 1.18. The van der Waals surface area contributed by atoms with Crippen LogP contribution in [0.5, 0.6) is 5.75 Å². The number of esters is 1. The van der Waals surface area contributed by atoms with E-state index in [0.717, 1.165) is 0 Å². The molecule has 0 bridgehead atoms. The van der Waals surface area contributed by atoms with Crippen LogP contribution < -0.4 is 4.74 Å². The second-order valence-corrected chi connectivity index (χ2v) is 8.08. The predicted octanol–water partition coefficient (Wildman–Crippen LogP) is 3.65. The molecule has 0 aliphatic rings. The minimum absolute atomic E-state index is 0.0681. The first-order chi connectivity index (χ1) is 12.9. The van der Waals surface area contributed by atoms with Crippen LogP contribution in [0.3, 0.4) is 0 Å². The normalized spacial score (nSPS) is 11.5. The summed E-state index contributed by atoms with van der Waals surface area (Å²) < 4.78 is 37.6. The molecule has 3 aromatic rings. The highest BCUT2D eigenvalue weighted by Crippen LogP contribution is 2.29. The number of halogens is 1. The van der Waals surface area contributed by atoms with Crippen molar-refractivity contribution < 1.29 is 22.7 Å². The summed E-state index contributed by atoms with van der Waals surface area (Å²) in [6.45, 7) is 0. The molecule has 0 atom stereocenters. The number of ether oxygens (including phenoxy) is 2. The Balaban J connectivity index is 2.15. The van der Waals surface area contributed by atoms with E-state index < -0.39 is 16.0 Å². The van der Waals surface area contributed by atoms with Crippen LogP contribution in [-0.2, 0) is 26.0 Å². The van der Waals surface area contributed by atoms with Crippen molar-refractivity contribution in [2.75, 3.05) is 14.2 Å². The standard InChI is InChI=1S/C19H18ClNO5S/c1-25-16-5-7-17(8-6-16)27(23,24)21-15(4-10-19(22)26-2)12-13-11-14(20)3-9-18(13)21/h3,5-9,11-12H,4,10H2,1-2H3. The zero-order valence-electron chi connectivity index (χ0n) is 14.8. The summed E-state index contributed by atoms with van der Waals surface area (Å²) in [6.07, 6.45) is 0.285. The van der Waals surface area contributed by atoms with Gasteiger partial charge >= 0.3 is 5.97 Å². The molecule has 0 amide bonds. The third-order valence-corrected chi connectivity index (χ3v) is 6.22. The predicted molar refractivity (Wildman–Crippen MR) is 103 cm³/mol. The van der Waals surface area contributed by atoms with Crippen molar-refractivity contribution in [2.24, 2.45) is 0 Å². The van der Waals surface area contributed by atoms with Crippen molar-refractivity contribution in [2.45, 2.75) is 17.7 Å². The molecule has 0 fully saturated rings. The summed E-state index contributed by atoms with van der Waals surface area (Å²) in [4.78, 5) is 11.7. The van der Waals surface area contributed by atoms with Gasteiger partial charge in [0.2, 0.25) is 0 Å². The minimum atomic E-state index is -3.88. The van der Waals surface area contributed by atoms with E-state index in [2.05, 4.69) is 4.74 Å². The molecule has 0 spiro atoms. The van der Waals surface area contributed by atoms with Crippen molar-refractivity contribution in [3.05, 3.63) is 59.2 Å². The number of rotatable bonds is 6. The van der Waals surface area contributed by atoms with E-state index in [0.29, 0.717) is 27.4 Å².